The molecule has 1 unspecified atom stereocenters. The summed E-state index contributed by atoms with van der Waals surface area (Å²) in [7, 11) is 0. The van der Waals surface area contributed by atoms with Crippen LogP contribution in [-0.2, 0) is 0 Å². The number of nitrogens with one attached hydrogen (secondary N) is 1. The van der Waals surface area contributed by atoms with Crippen LogP contribution in [0.3, 0.4) is 0 Å². The SMILES string of the molecule is CCCC(CCO)CNC(=O)c1cc(Cl)c(N)c(Cl)c1. The van der Waals surface area contributed by atoms with Crippen molar-refractivity contribution in [1.82, 2.24) is 5.32 Å². The Morgan fingerprint density at radius 1 is 1.35 bits per heavy atom. The Kier molecular flexibility index (Phi) is 7.13. The first-order valence-corrected chi connectivity index (χ1v) is 7.38. The highest BCUT2D eigenvalue weighted by atomic mass is 35.5. The summed E-state index contributed by atoms with van der Waals surface area (Å²) in [6.45, 7) is 2.72. The fourth-order valence-electron chi connectivity index (χ4n) is 1.99. The third-order valence-electron chi connectivity index (χ3n) is 3.13. The van der Waals surface area contributed by atoms with Crippen molar-refractivity contribution in [3.05, 3.63) is 27.7 Å². The summed E-state index contributed by atoms with van der Waals surface area (Å²) < 4.78 is 0. The Hall–Kier alpha value is -0.970. The summed E-state index contributed by atoms with van der Waals surface area (Å²) in [5, 5.41) is 12.4. The first-order valence-electron chi connectivity index (χ1n) is 6.63. The zero-order chi connectivity index (χ0) is 15.1. The molecule has 1 atom stereocenters. The van der Waals surface area contributed by atoms with Crippen LogP contribution in [0.2, 0.25) is 10.0 Å². The topological polar surface area (TPSA) is 75.3 Å². The van der Waals surface area contributed by atoms with E-state index >= 15 is 0 Å². The van der Waals surface area contributed by atoms with Gasteiger partial charge in [-0.05, 0) is 30.9 Å². The van der Waals surface area contributed by atoms with Gasteiger partial charge >= 0.3 is 0 Å². The number of hydrogen-bond donors (Lipinski definition) is 3. The first kappa shape index (κ1) is 17.1. The monoisotopic (exact) mass is 318 g/mol. The minimum Gasteiger partial charge on any atom is -0.396 e. The minimum atomic E-state index is -0.243. The third-order valence-corrected chi connectivity index (χ3v) is 3.75. The van der Waals surface area contributed by atoms with Gasteiger partial charge in [0.15, 0.2) is 0 Å². The molecule has 112 valence electrons. The van der Waals surface area contributed by atoms with Gasteiger partial charge in [-0.25, -0.2) is 0 Å². The summed E-state index contributed by atoms with van der Waals surface area (Å²) in [5.74, 6) is 0.0292. The van der Waals surface area contributed by atoms with Crippen LogP contribution in [0.25, 0.3) is 0 Å². The number of carbonyl (C=O) groups excluding carboxylic acids is 1. The molecule has 4 nitrogen and oxygen atoms in total. The average Bonchev–Trinajstić information content (AvgIpc) is 2.41. The molecular weight excluding hydrogens is 299 g/mol. The molecule has 1 aromatic carbocycles. The molecule has 0 saturated heterocycles. The standard InChI is InChI=1S/C14H20Cl2N2O2/c1-2-3-9(4-5-19)8-18-14(20)10-6-11(15)13(17)12(16)7-10/h6-7,9,19H,2-5,8,17H2,1H3,(H,18,20). The highest BCUT2D eigenvalue weighted by molar-refractivity contribution is 6.39. The van der Waals surface area contributed by atoms with Crippen LogP contribution < -0.4 is 11.1 Å². The predicted octanol–water partition coefficient (Wildman–Crippen LogP) is 3.10. The number of nitrogen functional groups attached to an aromatic ring is 1. The maximum Gasteiger partial charge on any atom is 0.251 e. The van der Waals surface area contributed by atoms with Gasteiger partial charge < -0.3 is 16.2 Å². The van der Waals surface area contributed by atoms with Crippen molar-refractivity contribution in [1.29, 1.82) is 0 Å². The van der Waals surface area contributed by atoms with Gasteiger partial charge in [0.1, 0.15) is 0 Å². The van der Waals surface area contributed by atoms with Gasteiger partial charge in [-0.3, -0.25) is 4.79 Å². The van der Waals surface area contributed by atoms with Crippen LogP contribution in [0.5, 0.6) is 0 Å². The summed E-state index contributed by atoms with van der Waals surface area (Å²) in [6, 6.07) is 3.00. The highest BCUT2D eigenvalue weighted by Crippen LogP contribution is 2.28. The molecule has 0 aromatic heterocycles. The number of benzene rings is 1. The number of hydrogen-bond acceptors (Lipinski definition) is 3. The van der Waals surface area contributed by atoms with Gasteiger partial charge in [0.25, 0.3) is 5.91 Å². The molecule has 1 amide bonds. The number of aliphatic hydroxyl groups excluding tert-OH is 1. The number of amides is 1. The second kappa shape index (κ2) is 8.35. The van der Waals surface area contributed by atoms with Crippen molar-refractivity contribution in [2.45, 2.75) is 26.2 Å². The van der Waals surface area contributed by atoms with Crippen molar-refractivity contribution < 1.29 is 9.90 Å². The Labute approximate surface area is 129 Å². The van der Waals surface area contributed by atoms with E-state index in [1.807, 2.05) is 0 Å². The smallest absolute Gasteiger partial charge is 0.251 e. The highest BCUT2D eigenvalue weighted by Gasteiger charge is 2.13. The lowest BCUT2D eigenvalue weighted by atomic mass is 10.00. The summed E-state index contributed by atoms with van der Waals surface area (Å²) >= 11 is 11.8. The van der Waals surface area contributed by atoms with Crippen LogP contribution >= 0.6 is 23.2 Å². The molecular formula is C14H20Cl2N2O2. The van der Waals surface area contributed by atoms with E-state index in [0.29, 0.717) is 18.5 Å². The predicted molar refractivity (Wildman–Crippen MR) is 83.3 cm³/mol. The summed E-state index contributed by atoms with van der Waals surface area (Å²) in [5.41, 5.74) is 6.28. The molecule has 6 heteroatoms. The van der Waals surface area contributed by atoms with Gasteiger partial charge in [0.2, 0.25) is 0 Å². The summed E-state index contributed by atoms with van der Waals surface area (Å²) in [4.78, 5) is 12.0. The second-order valence-electron chi connectivity index (χ2n) is 4.73. The van der Waals surface area contributed by atoms with Gasteiger partial charge in [-0.15, -0.1) is 0 Å². The molecule has 4 N–H and O–H groups in total. The van der Waals surface area contributed by atoms with Crippen molar-refractivity contribution in [3.8, 4) is 0 Å². The van der Waals surface area contributed by atoms with Crippen LogP contribution in [-0.4, -0.2) is 24.2 Å². The van der Waals surface area contributed by atoms with E-state index in [0.717, 1.165) is 12.8 Å². The maximum absolute atomic E-state index is 12.0. The van der Waals surface area contributed by atoms with E-state index in [1.54, 1.807) is 0 Å². The van der Waals surface area contributed by atoms with E-state index in [1.165, 1.54) is 12.1 Å². The number of carbonyl (C=O) groups is 1. The zero-order valence-corrected chi connectivity index (χ0v) is 13.0. The quantitative estimate of drug-likeness (QED) is 0.676. The van der Waals surface area contributed by atoms with Crippen LogP contribution in [0.4, 0.5) is 5.69 Å². The molecule has 0 fully saturated rings. The van der Waals surface area contributed by atoms with Gasteiger partial charge in [0, 0.05) is 18.7 Å². The largest absolute Gasteiger partial charge is 0.396 e. The Balaban J connectivity index is 2.66. The minimum absolute atomic E-state index is 0.125. The Bertz CT molecular complexity index is 437. The van der Waals surface area contributed by atoms with Crippen molar-refractivity contribution in [2.75, 3.05) is 18.9 Å². The number of anilines is 1. The van der Waals surface area contributed by atoms with E-state index in [9.17, 15) is 4.79 Å². The molecule has 1 rings (SSSR count). The normalized spacial score (nSPS) is 12.2. The fraction of sp³-hybridized carbons (Fsp3) is 0.500. The molecule has 0 radical (unpaired) electrons. The maximum atomic E-state index is 12.0. The number of aliphatic hydroxyl groups is 1. The van der Waals surface area contributed by atoms with Crippen molar-refractivity contribution in [2.24, 2.45) is 5.92 Å². The molecule has 0 aliphatic heterocycles. The van der Waals surface area contributed by atoms with Crippen molar-refractivity contribution >= 4 is 34.8 Å². The van der Waals surface area contributed by atoms with Gasteiger partial charge in [0.05, 0.1) is 15.7 Å². The lowest BCUT2D eigenvalue weighted by molar-refractivity contribution is 0.0943. The molecule has 20 heavy (non-hydrogen) atoms. The molecule has 0 heterocycles. The lowest BCUT2D eigenvalue weighted by Gasteiger charge is -2.16. The van der Waals surface area contributed by atoms with Crippen LogP contribution in [0.1, 0.15) is 36.5 Å². The summed E-state index contributed by atoms with van der Waals surface area (Å²) in [6.07, 6.45) is 2.65. The van der Waals surface area contributed by atoms with Gasteiger partial charge in [-0.1, -0.05) is 36.5 Å². The third kappa shape index (κ3) is 4.85. The fourth-order valence-corrected chi connectivity index (χ4v) is 2.48. The molecule has 0 bridgehead atoms. The zero-order valence-electron chi connectivity index (χ0n) is 11.5. The first-order chi connectivity index (χ1) is 9.49. The van der Waals surface area contributed by atoms with E-state index in [4.69, 9.17) is 34.0 Å². The van der Waals surface area contributed by atoms with Crippen LogP contribution in [0, 0.1) is 5.92 Å². The second-order valence-corrected chi connectivity index (χ2v) is 5.54. The van der Waals surface area contributed by atoms with Crippen LogP contribution in [0.15, 0.2) is 12.1 Å². The number of halogens is 2. The lowest BCUT2D eigenvalue weighted by Crippen LogP contribution is -2.29. The Morgan fingerprint density at radius 2 is 1.95 bits per heavy atom. The van der Waals surface area contributed by atoms with E-state index < -0.39 is 0 Å². The molecule has 0 aliphatic rings. The van der Waals surface area contributed by atoms with Gasteiger partial charge in [-0.2, -0.15) is 0 Å². The van der Waals surface area contributed by atoms with E-state index in [-0.39, 0.29) is 34.2 Å². The van der Waals surface area contributed by atoms with E-state index in [2.05, 4.69) is 12.2 Å². The van der Waals surface area contributed by atoms with Crippen molar-refractivity contribution in [3.63, 3.8) is 0 Å². The molecule has 0 spiro atoms. The molecule has 0 aliphatic carbocycles. The molecule has 1 aromatic rings. The Morgan fingerprint density at radius 3 is 2.45 bits per heavy atom. The molecule has 0 saturated carbocycles. The number of nitrogens with two attached hydrogens (primary N) is 1. The number of rotatable bonds is 7. The average molecular weight is 319 g/mol.